The fourth-order valence-electron chi connectivity index (χ4n) is 2.60. The summed E-state index contributed by atoms with van der Waals surface area (Å²) in [5.41, 5.74) is -0.110. The molecule has 6 nitrogen and oxygen atoms in total. The predicted octanol–water partition coefficient (Wildman–Crippen LogP) is 2.89. The van der Waals surface area contributed by atoms with Crippen LogP contribution in [0.1, 0.15) is 10.4 Å². The summed E-state index contributed by atoms with van der Waals surface area (Å²) in [7, 11) is -3.91. The van der Waals surface area contributed by atoms with Crippen LogP contribution in [-0.4, -0.2) is 44.9 Å². The summed E-state index contributed by atoms with van der Waals surface area (Å²) in [5.74, 6) is -2.43. The molecule has 0 radical (unpaired) electrons. The number of morpholine rings is 1. The lowest BCUT2D eigenvalue weighted by Gasteiger charge is -2.26. The molecule has 1 amide bonds. The van der Waals surface area contributed by atoms with E-state index >= 15 is 0 Å². The molecule has 27 heavy (non-hydrogen) atoms. The second kappa shape index (κ2) is 7.89. The number of nitrogens with one attached hydrogen (secondary N) is 1. The average Bonchev–Trinajstić information content (AvgIpc) is 2.61. The molecule has 2 aromatic carbocycles. The van der Waals surface area contributed by atoms with Crippen molar-refractivity contribution in [2.45, 2.75) is 4.90 Å². The number of rotatable bonds is 4. The van der Waals surface area contributed by atoms with Gasteiger partial charge in [-0.15, -0.1) is 0 Å². The summed E-state index contributed by atoms with van der Waals surface area (Å²) >= 11 is 6.04. The Morgan fingerprint density at radius 2 is 1.70 bits per heavy atom. The Balaban J connectivity index is 1.89. The monoisotopic (exact) mass is 416 g/mol. The zero-order chi connectivity index (χ0) is 19.6. The number of hydrogen-bond acceptors (Lipinski definition) is 4. The molecule has 1 heterocycles. The van der Waals surface area contributed by atoms with Crippen LogP contribution in [0.25, 0.3) is 0 Å². The summed E-state index contributed by atoms with van der Waals surface area (Å²) in [5, 5.41) is 2.29. The molecule has 1 saturated heterocycles. The third-order valence-corrected chi connectivity index (χ3v) is 6.28. The Morgan fingerprint density at radius 3 is 2.33 bits per heavy atom. The highest BCUT2D eigenvalue weighted by molar-refractivity contribution is 7.89. The minimum absolute atomic E-state index is 0.0177. The zero-order valence-corrected chi connectivity index (χ0v) is 15.5. The third kappa shape index (κ3) is 4.44. The van der Waals surface area contributed by atoms with E-state index in [0.29, 0.717) is 6.07 Å². The van der Waals surface area contributed by atoms with Gasteiger partial charge in [-0.05, 0) is 30.3 Å². The second-order valence-corrected chi connectivity index (χ2v) is 8.09. The van der Waals surface area contributed by atoms with E-state index in [1.165, 1.54) is 16.4 Å². The van der Waals surface area contributed by atoms with E-state index in [1.54, 1.807) is 0 Å². The molecule has 0 saturated carbocycles. The molecule has 0 spiro atoms. The maximum Gasteiger partial charge on any atom is 0.255 e. The van der Waals surface area contributed by atoms with Gasteiger partial charge in [-0.1, -0.05) is 11.6 Å². The van der Waals surface area contributed by atoms with Crippen LogP contribution in [0.2, 0.25) is 5.02 Å². The molecule has 3 rings (SSSR count). The molecule has 1 aliphatic rings. The van der Waals surface area contributed by atoms with Crippen molar-refractivity contribution in [1.29, 1.82) is 0 Å². The van der Waals surface area contributed by atoms with Gasteiger partial charge in [-0.3, -0.25) is 4.79 Å². The first-order valence-electron chi connectivity index (χ1n) is 7.92. The second-order valence-electron chi connectivity index (χ2n) is 5.77. The molecule has 1 aliphatic heterocycles. The van der Waals surface area contributed by atoms with E-state index in [4.69, 9.17) is 16.3 Å². The number of hydrogen-bond donors (Lipinski definition) is 1. The van der Waals surface area contributed by atoms with Crippen molar-refractivity contribution in [1.82, 2.24) is 4.31 Å². The fraction of sp³-hybridized carbons (Fsp3) is 0.235. The molecule has 0 aromatic heterocycles. The number of carbonyl (C=O) groups excluding carboxylic acids is 1. The van der Waals surface area contributed by atoms with Crippen molar-refractivity contribution in [3.05, 3.63) is 58.6 Å². The Morgan fingerprint density at radius 1 is 1.07 bits per heavy atom. The van der Waals surface area contributed by atoms with Crippen LogP contribution in [0.15, 0.2) is 41.3 Å². The van der Waals surface area contributed by atoms with Gasteiger partial charge in [-0.2, -0.15) is 4.31 Å². The lowest BCUT2D eigenvalue weighted by Crippen LogP contribution is -2.40. The van der Waals surface area contributed by atoms with Crippen molar-refractivity contribution in [3.8, 4) is 0 Å². The molecule has 0 atom stereocenters. The van der Waals surface area contributed by atoms with Crippen molar-refractivity contribution in [2.75, 3.05) is 31.6 Å². The van der Waals surface area contributed by atoms with Gasteiger partial charge >= 0.3 is 0 Å². The van der Waals surface area contributed by atoms with Crippen molar-refractivity contribution in [3.63, 3.8) is 0 Å². The van der Waals surface area contributed by atoms with Crippen LogP contribution in [0.5, 0.6) is 0 Å². The van der Waals surface area contributed by atoms with Gasteiger partial charge in [0.1, 0.15) is 16.5 Å². The number of amides is 1. The molecular formula is C17H15ClF2N2O4S. The average molecular weight is 417 g/mol. The minimum Gasteiger partial charge on any atom is -0.379 e. The Bertz CT molecular complexity index is 959. The lowest BCUT2D eigenvalue weighted by molar-refractivity contribution is 0.0730. The molecule has 144 valence electrons. The third-order valence-electron chi connectivity index (χ3n) is 3.90. The van der Waals surface area contributed by atoms with Crippen molar-refractivity contribution >= 4 is 33.2 Å². The van der Waals surface area contributed by atoms with Crippen LogP contribution < -0.4 is 5.32 Å². The van der Waals surface area contributed by atoms with Crippen LogP contribution in [0.3, 0.4) is 0 Å². The lowest BCUT2D eigenvalue weighted by atomic mass is 10.2. The zero-order valence-electron chi connectivity index (χ0n) is 13.9. The number of carbonyl (C=O) groups is 1. The number of anilines is 1. The van der Waals surface area contributed by atoms with E-state index < -0.39 is 27.6 Å². The van der Waals surface area contributed by atoms with Gasteiger partial charge in [0.15, 0.2) is 0 Å². The van der Waals surface area contributed by atoms with E-state index in [1.807, 2.05) is 0 Å². The summed E-state index contributed by atoms with van der Waals surface area (Å²) in [6.07, 6.45) is 0. The van der Waals surface area contributed by atoms with Crippen molar-refractivity contribution in [2.24, 2.45) is 0 Å². The maximum atomic E-state index is 13.3. The number of halogens is 3. The summed E-state index contributed by atoms with van der Waals surface area (Å²) in [6, 6.07) is 6.31. The van der Waals surface area contributed by atoms with Crippen molar-refractivity contribution < 1.29 is 26.7 Å². The number of ether oxygens (including phenoxy) is 1. The first kappa shape index (κ1) is 19.7. The quantitative estimate of drug-likeness (QED) is 0.831. The van der Waals surface area contributed by atoms with E-state index in [2.05, 4.69) is 5.32 Å². The summed E-state index contributed by atoms with van der Waals surface area (Å²) in [4.78, 5) is 12.2. The SMILES string of the molecule is O=C(Nc1cc(F)cc(F)c1)c1ccc(Cl)c(S(=O)(=O)N2CCOCC2)c1. The molecule has 0 bridgehead atoms. The van der Waals surface area contributed by atoms with E-state index in [-0.39, 0.29) is 47.5 Å². The first-order valence-corrected chi connectivity index (χ1v) is 9.74. The number of nitrogens with zero attached hydrogens (tertiary/aromatic N) is 1. The Kier molecular flexibility index (Phi) is 5.75. The topological polar surface area (TPSA) is 75.7 Å². The van der Waals surface area contributed by atoms with Crippen LogP contribution in [0.4, 0.5) is 14.5 Å². The summed E-state index contributed by atoms with van der Waals surface area (Å²) < 4.78 is 58.5. The van der Waals surface area contributed by atoms with Crippen LogP contribution in [0, 0.1) is 11.6 Å². The summed E-state index contributed by atoms with van der Waals surface area (Å²) in [6.45, 7) is 0.889. The standard InChI is InChI=1S/C17H15ClF2N2O4S/c18-15-2-1-11(17(23)21-14-9-12(19)8-13(20)10-14)7-16(15)27(24,25)22-3-5-26-6-4-22/h1-2,7-10H,3-6H2,(H,21,23). The Labute approximate surface area is 159 Å². The highest BCUT2D eigenvalue weighted by Crippen LogP contribution is 2.27. The highest BCUT2D eigenvalue weighted by atomic mass is 35.5. The minimum atomic E-state index is -3.91. The van der Waals surface area contributed by atoms with Gasteiger partial charge in [0.05, 0.1) is 18.2 Å². The number of sulfonamides is 1. The molecule has 0 unspecified atom stereocenters. The van der Waals surface area contributed by atoms with Crippen LogP contribution >= 0.6 is 11.6 Å². The molecule has 1 fully saturated rings. The molecule has 1 N–H and O–H groups in total. The van der Waals surface area contributed by atoms with Gasteiger partial charge in [0, 0.05) is 30.4 Å². The van der Waals surface area contributed by atoms with Gasteiger partial charge in [0.25, 0.3) is 5.91 Å². The highest BCUT2D eigenvalue weighted by Gasteiger charge is 2.29. The van der Waals surface area contributed by atoms with Crippen LogP contribution in [-0.2, 0) is 14.8 Å². The largest absolute Gasteiger partial charge is 0.379 e. The van der Waals surface area contributed by atoms with Gasteiger partial charge in [0.2, 0.25) is 10.0 Å². The fourth-order valence-corrected chi connectivity index (χ4v) is 4.51. The first-order chi connectivity index (χ1) is 12.8. The molecule has 0 aliphatic carbocycles. The van der Waals surface area contributed by atoms with Gasteiger partial charge < -0.3 is 10.1 Å². The normalized spacial score (nSPS) is 15.5. The van der Waals surface area contributed by atoms with Gasteiger partial charge in [-0.25, -0.2) is 17.2 Å². The maximum absolute atomic E-state index is 13.3. The number of benzene rings is 2. The smallest absolute Gasteiger partial charge is 0.255 e. The molecule has 10 heteroatoms. The molecular weight excluding hydrogens is 402 g/mol. The van der Waals surface area contributed by atoms with E-state index in [0.717, 1.165) is 18.2 Å². The Hall–Kier alpha value is -2.07. The molecule has 2 aromatic rings. The predicted molar refractivity (Wildman–Crippen MR) is 95.3 cm³/mol. The van der Waals surface area contributed by atoms with E-state index in [9.17, 15) is 22.0 Å².